The molecular weight excluding hydrogens is 392 g/mol. The molecule has 0 unspecified atom stereocenters. The standard InChI is InChI=1S/C22H28N8O/c31-20(28-13-11-27(12-14-28)19-7-3-4-8-23-19)16-30-22-18(15-26-30)21(24-17-25-22)29-9-5-1-2-6-10-29/h3-4,7-8,15,17H,1-2,5-6,9-14,16H2. The van der Waals surface area contributed by atoms with Crippen molar-refractivity contribution in [1.82, 2.24) is 29.6 Å². The van der Waals surface area contributed by atoms with Crippen molar-refractivity contribution in [2.45, 2.75) is 32.2 Å². The Morgan fingerprint density at radius 1 is 0.871 bits per heavy atom. The van der Waals surface area contributed by atoms with E-state index >= 15 is 0 Å². The number of hydrogen-bond acceptors (Lipinski definition) is 7. The van der Waals surface area contributed by atoms with Gasteiger partial charge < -0.3 is 14.7 Å². The summed E-state index contributed by atoms with van der Waals surface area (Å²) < 4.78 is 1.71. The number of pyridine rings is 1. The summed E-state index contributed by atoms with van der Waals surface area (Å²) in [6.07, 6.45) is 10.1. The Bertz CT molecular complexity index is 1020. The van der Waals surface area contributed by atoms with Crippen LogP contribution in [0.15, 0.2) is 36.9 Å². The van der Waals surface area contributed by atoms with E-state index in [2.05, 4.69) is 29.9 Å². The first kappa shape index (κ1) is 19.7. The lowest BCUT2D eigenvalue weighted by Gasteiger charge is -2.35. The van der Waals surface area contributed by atoms with Gasteiger partial charge in [-0.1, -0.05) is 18.9 Å². The molecule has 0 spiro atoms. The zero-order valence-electron chi connectivity index (χ0n) is 17.7. The summed E-state index contributed by atoms with van der Waals surface area (Å²) in [5.74, 6) is 1.97. The fourth-order valence-corrected chi connectivity index (χ4v) is 4.48. The number of carbonyl (C=O) groups excluding carboxylic acids is 1. The number of amides is 1. The summed E-state index contributed by atoms with van der Waals surface area (Å²) in [7, 11) is 0. The summed E-state index contributed by atoms with van der Waals surface area (Å²) in [5.41, 5.74) is 0.731. The number of fused-ring (bicyclic) bond motifs is 1. The fourth-order valence-electron chi connectivity index (χ4n) is 4.48. The molecule has 2 saturated heterocycles. The third kappa shape index (κ3) is 4.17. The quantitative estimate of drug-likeness (QED) is 0.638. The van der Waals surface area contributed by atoms with Gasteiger partial charge in [0.05, 0.1) is 11.6 Å². The monoisotopic (exact) mass is 420 g/mol. The maximum atomic E-state index is 13.0. The van der Waals surface area contributed by atoms with Crippen LogP contribution in [0, 0.1) is 0 Å². The lowest BCUT2D eigenvalue weighted by molar-refractivity contribution is -0.132. The van der Waals surface area contributed by atoms with Crippen molar-refractivity contribution in [3.05, 3.63) is 36.9 Å². The molecule has 0 atom stereocenters. The van der Waals surface area contributed by atoms with Gasteiger partial charge in [0, 0.05) is 45.5 Å². The second-order valence-electron chi connectivity index (χ2n) is 8.19. The van der Waals surface area contributed by atoms with Crippen LogP contribution in [0.1, 0.15) is 25.7 Å². The molecule has 0 aliphatic carbocycles. The Morgan fingerprint density at radius 3 is 2.42 bits per heavy atom. The van der Waals surface area contributed by atoms with Crippen molar-refractivity contribution in [2.24, 2.45) is 0 Å². The molecule has 2 fully saturated rings. The van der Waals surface area contributed by atoms with Gasteiger partial charge in [0.1, 0.15) is 24.5 Å². The third-order valence-corrected chi connectivity index (χ3v) is 6.21. The maximum Gasteiger partial charge on any atom is 0.244 e. The third-order valence-electron chi connectivity index (χ3n) is 6.21. The van der Waals surface area contributed by atoms with Gasteiger partial charge in [0.2, 0.25) is 5.91 Å². The van der Waals surface area contributed by atoms with Crippen LogP contribution < -0.4 is 9.80 Å². The van der Waals surface area contributed by atoms with Crippen LogP contribution >= 0.6 is 0 Å². The molecule has 0 aromatic carbocycles. The molecular formula is C22H28N8O. The molecule has 0 bridgehead atoms. The lowest BCUT2D eigenvalue weighted by Crippen LogP contribution is -2.49. The molecule has 31 heavy (non-hydrogen) atoms. The molecule has 1 amide bonds. The molecule has 162 valence electrons. The number of anilines is 2. The highest BCUT2D eigenvalue weighted by molar-refractivity contribution is 5.88. The van der Waals surface area contributed by atoms with Gasteiger partial charge in [-0.15, -0.1) is 0 Å². The van der Waals surface area contributed by atoms with Crippen LogP contribution in [0.3, 0.4) is 0 Å². The Kier molecular flexibility index (Phi) is 5.64. The van der Waals surface area contributed by atoms with Crippen molar-refractivity contribution in [2.75, 3.05) is 49.1 Å². The Balaban J connectivity index is 1.26. The van der Waals surface area contributed by atoms with Crippen LogP contribution in [-0.2, 0) is 11.3 Å². The molecule has 9 heteroatoms. The van der Waals surface area contributed by atoms with E-state index in [4.69, 9.17) is 0 Å². The van der Waals surface area contributed by atoms with Crippen LogP contribution in [-0.4, -0.2) is 74.8 Å². The molecule has 5 heterocycles. The normalized spacial score (nSPS) is 17.7. The number of rotatable bonds is 4. The number of nitrogens with zero attached hydrogens (tertiary/aromatic N) is 8. The molecule has 5 rings (SSSR count). The van der Waals surface area contributed by atoms with Gasteiger partial charge in [-0.25, -0.2) is 19.6 Å². The van der Waals surface area contributed by atoms with E-state index in [-0.39, 0.29) is 12.5 Å². The number of piperazine rings is 1. The summed E-state index contributed by atoms with van der Waals surface area (Å²) in [4.78, 5) is 32.8. The van der Waals surface area contributed by atoms with Crippen LogP contribution in [0.2, 0.25) is 0 Å². The van der Waals surface area contributed by atoms with Crippen LogP contribution in [0.25, 0.3) is 11.0 Å². The Morgan fingerprint density at radius 2 is 1.68 bits per heavy atom. The molecule has 9 nitrogen and oxygen atoms in total. The first-order chi connectivity index (χ1) is 15.3. The van der Waals surface area contributed by atoms with E-state index in [1.807, 2.05) is 29.3 Å². The van der Waals surface area contributed by atoms with Crippen molar-refractivity contribution in [3.63, 3.8) is 0 Å². The first-order valence-corrected chi connectivity index (χ1v) is 11.1. The van der Waals surface area contributed by atoms with Crippen LogP contribution in [0.4, 0.5) is 11.6 Å². The van der Waals surface area contributed by atoms with Crippen LogP contribution in [0.5, 0.6) is 0 Å². The second kappa shape index (κ2) is 8.87. The maximum absolute atomic E-state index is 13.0. The van der Waals surface area contributed by atoms with E-state index in [1.165, 1.54) is 25.7 Å². The van der Waals surface area contributed by atoms with E-state index in [9.17, 15) is 4.79 Å². The largest absolute Gasteiger partial charge is 0.356 e. The molecule has 2 aliphatic heterocycles. The van der Waals surface area contributed by atoms with Crippen molar-refractivity contribution >= 4 is 28.6 Å². The molecule has 0 N–H and O–H groups in total. The van der Waals surface area contributed by atoms with Crippen molar-refractivity contribution < 1.29 is 4.79 Å². The van der Waals surface area contributed by atoms with E-state index in [0.717, 1.165) is 48.8 Å². The number of carbonyl (C=O) groups is 1. The van der Waals surface area contributed by atoms with Gasteiger partial charge in [-0.3, -0.25) is 4.79 Å². The molecule has 0 saturated carbocycles. The van der Waals surface area contributed by atoms with Gasteiger partial charge in [-0.2, -0.15) is 5.10 Å². The highest BCUT2D eigenvalue weighted by Gasteiger charge is 2.23. The highest BCUT2D eigenvalue weighted by atomic mass is 16.2. The first-order valence-electron chi connectivity index (χ1n) is 11.1. The zero-order valence-corrected chi connectivity index (χ0v) is 17.7. The molecule has 2 aliphatic rings. The highest BCUT2D eigenvalue weighted by Crippen LogP contribution is 2.25. The fraction of sp³-hybridized carbons (Fsp3) is 0.500. The molecule has 3 aromatic rings. The zero-order chi connectivity index (χ0) is 21.0. The Labute approximate surface area is 181 Å². The van der Waals surface area contributed by atoms with Gasteiger partial charge >= 0.3 is 0 Å². The van der Waals surface area contributed by atoms with Gasteiger partial charge in [0.25, 0.3) is 0 Å². The summed E-state index contributed by atoms with van der Waals surface area (Å²) in [5, 5.41) is 5.42. The van der Waals surface area contributed by atoms with Gasteiger partial charge in [-0.05, 0) is 25.0 Å². The lowest BCUT2D eigenvalue weighted by atomic mass is 10.2. The minimum Gasteiger partial charge on any atom is -0.356 e. The van der Waals surface area contributed by atoms with Gasteiger partial charge in [0.15, 0.2) is 5.65 Å². The van der Waals surface area contributed by atoms with E-state index in [1.54, 1.807) is 17.2 Å². The summed E-state index contributed by atoms with van der Waals surface area (Å²) in [6.45, 7) is 5.15. The molecule has 0 radical (unpaired) electrons. The van der Waals surface area contributed by atoms with Crippen molar-refractivity contribution in [1.29, 1.82) is 0 Å². The van der Waals surface area contributed by atoms with E-state index in [0.29, 0.717) is 13.1 Å². The topological polar surface area (TPSA) is 83.3 Å². The second-order valence-corrected chi connectivity index (χ2v) is 8.19. The average molecular weight is 421 g/mol. The number of hydrogen-bond donors (Lipinski definition) is 0. The predicted molar refractivity (Wildman–Crippen MR) is 119 cm³/mol. The number of aromatic nitrogens is 5. The SMILES string of the molecule is O=C(Cn1ncc2c(N3CCCCCC3)ncnc21)N1CCN(c2ccccn2)CC1. The molecule has 3 aromatic heterocycles. The smallest absolute Gasteiger partial charge is 0.244 e. The summed E-state index contributed by atoms with van der Waals surface area (Å²) in [6, 6.07) is 5.92. The predicted octanol–water partition coefficient (Wildman–Crippen LogP) is 1.95. The van der Waals surface area contributed by atoms with Crippen molar-refractivity contribution in [3.8, 4) is 0 Å². The van der Waals surface area contributed by atoms with E-state index < -0.39 is 0 Å². The average Bonchev–Trinajstić information content (AvgIpc) is 3.04. The minimum atomic E-state index is 0.0700. The Hall–Kier alpha value is -3.23. The summed E-state index contributed by atoms with van der Waals surface area (Å²) >= 11 is 0. The minimum absolute atomic E-state index is 0.0700.